The summed E-state index contributed by atoms with van der Waals surface area (Å²) in [6, 6.07) is 8.33. The fourth-order valence-corrected chi connectivity index (χ4v) is 2.74. The van der Waals surface area contributed by atoms with Crippen LogP contribution < -0.4 is 5.32 Å². The number of carbonyl (C=O) groups is 1. The summed E-state index contributed by atoms with van der Waals surface area (Å²) >= 11 is 0. The quantitative estimate of drug-likeness (QED) is 0.854. The van der Waals surface area contributed by atoms with Crippen molar-refractivity contribution in [3.8, 4) is 0 Å². The minimum atomic E-state index is 0.120. The van der Waals surface area contributed by atoms with E-state index in [1.807, 2.05) is 18.5 Å². The van der Waals surface area contributed by atoms with E-state index >= 15 is 0 Å². The van der Waals surface area contributed by atoms with E-state index in [9.17, 15) is 4.79 Å². The highest BCUT2D eigenvalue weighted by Crippen LogP contribution is 2.38. The average Bonchev–Trinajstić information content (AvgIpc) is 3.25. The Hall–Kier alpha value is -2.10. The van der Waals surface area contributed by atoms with Crippen LogP contribution in [0.5, 0.6) is 0 Å². The van der Waals surface area contributed by atoms with Crippen LogP contribution in [-0.2, 0) is 17.8 Å². The van der Waals surface area contributed by atoms with Crippen molar-refractivity contribution in [2.45, 2.75) is 45.1 Å². The Morgan fingerprint density at radius 3 is 3.05 bits per heavy atom. The lowest BCUT2D eigenvalue weighted by Gasteiger charge is -2.09. The first-order chi connectivity index (χ1) is 10.7. The summed E-state index contributed by atoms with van der Waals surface area (Å²) in [7, 11) is 0. The van der Waals surface area contributed by atoms with E-state index in [0.717, 1.165) is 13.0 Å². The van der Waals surface area contributed by atoms with Crippen LogP contribution in [0, 0.1) is 6.92 Å². The fraction of sp³-hybridized carbons (Fsp3) is 0.444. The van der Waals surface area contributed by atoms with Gasteiger partial charge in [0, 0.05) is 37.8 Å². The van der Waals surface area contributed by atoms with E-state index in [-0.39, 0.29) is 5.91 Å². The van der Waals surface area contributed by atoms with Gasteiger partial charge in [0.25, 0.3) is 0 Å². The minimum Gasteiger partial charge on any atom is -0.354 e. The number of hydrogen-bond donors (Lipinski definition) is 1. The number of nitrogens with one attached hydrogen (secondary N) is 1. The maximum atomic E-state index is 11.9. The number of nitrogens with zero attached hydrogens (tertiary/aromatic N) is 2. The fourth-order valence-electron chi connectivity index (χ4n) is 2.74. The van der Waals surface area contributed by atoms with Gasteiger partial charge in [-0.1, -0.05) is 29.8 Å². The first-order valence-corrected chi connectivity index (χ1v) is 8.05. The minimum absolute atomic E-state index is 0.120. The zero-order valence-electron chi connectivity index (χ0n) is 13.1. The van der Waals surface area contributed by atoms with Gasteiger partial charge >= 0.3 is 0 Å². The molecule has 116 valence electrons. The van der Waals surface area contributed by atoms with Crippen LogP contribution in [-0.4, -0.2) is 22.0 Å². The SMILES string of the molecule is Cc1cccc(CCC(=O)NCCn2ccnc2C2CC2)c1. The van der Waals surface area contributed by atoms with Crippen molar-refractivity contribution in [2.24, 2.45) is 0 Å². The molecule has 0 saturated heterocycles. The number of imidazole rings is 1. The molecule has 4 heteroatoms. The number of rotatable bonds is 7. The largest absolute Gasteiger partial charge is 0.354 e. The number of benzene rings is 1. The molecule has 1 saturated carbocycles. The molecule has 3 rings (SSSR count). The molecule has 0 unspecified atom stereocenters. The number of carbonyl (C=O) groups excluding carboxylic acids is 1. The molecule has 22 heavy (non-hydrogen) atoms. The molecule has 1 aromatic carbocycles. The van der Waals surface area contributed by atoms with Gasteiger partial charge < -0.3 is 9.88 Å². The number of amides is 1. The molecule has 1 aliphatic rings. The van der Waals surface area contributed by atoms with Crippen LogP contribution in [0.1, 0.15) is 42.1 Å². The topological polar surface area (TPSA) is 46.9 Å². The number of aromatic nitrogens is 2. The summed E-state index contributed by atoms with van der Waals surface area (Å²) in [6.07, 6.45) is 7.70. The summed E-state index contributed by atoms with van der Waals surface area (Å²) in [6.45, 7) is 3.55. The predicted octanol–water partition coefficient (Wildman–Crippen LogP) is 2.82. The molecule has 0 radical (unpaired) electrons. The molecule has 1 aliphatic carbocycles. The molecule has 1 heterocycles. The van der Waals surface area contributed by atoms with Crippen molar-refractivity contribution in [1.29, 1.82) is 0 Å². The lowest BCUT2D eigenvalue weighted by atomic mass is 10.1. The first-order valence-electron chi connectivity index (χ1n) is 8.05. The second-order valence-electron chi connectivity index (χ2n) is 6.09. The first kappa shape index (κ1) is 14.8. The van der Waals surface area contributed by atoms with Crippen molar-refractivity contribution in [1.82, 2.24) is 14.9 Å². The molecule has 4 nitrogen and oxygen atoms in total. The second kappa shape index (κ2) is 6.77. The Balaban J connectivity index is 1.40. The summed E-state index contributed by atoms with van der Waals surface area (Å²) < 4.78 is 2.17. The standard InChI is InChI=1S/C18H23N3O/c1-14-3-2-4-15(13-14)5-8-17(22)19-9-11-21-12-10-20-18(21)16-6-7-16/h2-4,10,12-13,16H,5-9,11H2,1H3,(H,19,22). The third-order valence-corrected chi connectivity index (χ3v) is 4.09. The highest BCUT2D eigenvalue weighted by molar-refractivity contribution is 5.76. The van der Waals surface area contributed by atoms with Crippen molar-refractivity contribution in [3.63, 3.8) is 0 Å². The van der Waals surface area contributed by atoms with Crippen molar-refractivity contribution < 1.29 is 4.79 Å². The van der Waals surface area contributed by atoms with E-state index < -0.39 is 0 Å². The van der Waals surface area contributed by atoms with Crippen molar-refractivity contribution >= 4 is 5.91 Å². The zero-order valence-corrected chi connectivity index (χ0v) is 13.1. The molecule has 0 atom stereocenters. The normalized spacial score (nSPS) is 14.0. The van der Waals surface area contributed by atoms with Crippen LogP contribution in [0.3, 0.4) is 0 Å². The lowest BCUT2D eigenvalue weighted by Crippen LogP contribution is -2.27. The Morgan fingerprint density at radius 1 is 1.41 bits per heavy atom. The monoisotopic (exact) mass is 297 g/mol. The highest BCUT2D eigenvalue weighted by Gasteiger charge is 2.27. The molecule has 1 amide bonds. The van der Waals surface area contributed by atoms with Crippen LogP contribution in [0.4, 0.5) is 0 Å². The van der Waals surface area contributed by atoms with Crippen molar-refractivity contribution in [3.05, 3.63) is 53.6 Å². The van der Waals surface area contributed by atoms with Gasteiger partial charge in [-0.25, -0.2) is 4.98 Å². The molecule has 0 spiro atoms. The third kappa shape index (κ3) is 3.97. The Morgan fingerprint density at radius 2 is 2.27 bits per heavy atom. The molecular weight excluding hydrogens is 274 g/mol. The second-order valence-corrected chi connectivity index (χ2v) is 6.09. The summed E-state index contributed by atoms with van der Waals surface area (Å²) in [5.41, 5.74) is 2.46. The summed E-state index contributed by atoms with van der Waals surface area (Å²) in [5, 5.41) is 3.00. The van der Waals surface area contributed by atoms with Crippen LogP contribution in [0.2, 0.25) is 0 Å². The Bertz CT molecular complexity index is 643. The number of hydrogen-bond acceptors (Lipinski definition) is 2. The Labute approximate surface area is 131 Å². The molecule has 0 aliphatic heterocycles. The predicted molar refractivity (Wildman–Crippen MR) is 86.7 cm³/mol. The highest BCUT2D eigenvalue weighted by atomic mass is 16.1. The van der Waals surface area contributed by atoms with E-state index in [4.69, 9.17) is 0 Å². The van der Waals surface area contributed by atoms with Gasteiger partial charge in [-0.2, -0.15) is 0 Å². The number of aryl methyl sites for hydroxylation is 2. The van der Waals surface area contributed by atoms with Gasteiger partial charge in [0.1, 0.15) is 5.82 Å². The van der Waals surface area contributed by atoms with E-state index in [0.29, 0.717) is 18.9 Å². The maximum Gasteiger partial charge on any atom is 0.220 e. The van der Waals surface area contributed by atoms with Crippen LogP contribution in [0.25, 0.3) is 0 Å². The molecule has 1 aromatic heterocycles. The van der Waals surface area contributed by atoms with E-state index in [1.165, 1.54) is 29.8 Å². The Kier molecular flexibility index (Phi) is 4.56. The molecule has 1 fully saturated rings. The van der Waals surface area contributed by atoms with Gasteiger partial charge in [-0.05, 0) is 31.7 Å². The molecular formula is C18H23N3O. The van der Waals surface area contributed by atoms with Gasteiger partial charge in [0.2, 0.25) is 5.91 Å². The van der Waals surface area contributed by atoms with Crippen LogP contribution in [0.15, 0.2) is 36.7 Å². The maximum absolute atomic E-state index is 11.9. The average molecular weight is 297 g/mol. The van der Waals surface area contributed by atoms with Gasteiger partial charge in [-0.15, -0.1) is 0 Å². The van der Waals surface area contributed by atoms with Crippen molar-refractivity contribution in [2.75, 3.05) is 6.54 Å². The molecule has 0 bridgehead atoms. The smallest absolute Gasteiger partial charge is 0.220 e. The van der Waals surface area contributed by atoms with E-state index in [2.05, 4.69) is 40.0 Å². The lowest BCUT2D eigenvalue weighted by molar-refractivity contribution is -0.121. The van der Waals surface area contributed by atoms with Crippen LogP contribution >= 0.6 is 0 Å². The zero-order chi connectivity index (χ0) is 15.4. The van der Waals surface area contributed by atoms with Gasteiger partial charge in [0.05, 0.1) is 0 Å². The molecule has 2 aromatic rings. The van der Waals surface area contributed by atoms with E-state index in [1.54, 1.807) is 0 Å². The third-order valence-electron chi connectivity index (χ3n) is 4.09. The molecule has 1 N–H and O–H groups in total. The van der Waals surface area contributed by atoms with Gasteiger partial charge in [-0.3, -0.25) is 4.79 Å². The summed E-state index contributed by atoms with van der Waals surface area (Å²) in [4.78, 5) is 16.3. The van der Waals surface area contributed by atoms with Gasteiger partial charge in [0.15, 0.2) is 0 Å². The summed E-state index contributed by atoms with van der Waals surface area (Å²) in [5.74, 6) is 1.94.